The highest BCUT2D eigenvalue weighted by Gasteiger charge is 2.38. The predicted molar refractivity (Wildman–Crippen MR) is 155 cm³/mol. The lowest BCUT2D eigenvalue weighted by atomic mass is 10.0. The zero-order valence-corrected chi connectivity index (χ0v) is 26.1. The number of carbonyl (C=O) groups is 4. The van der Waals surface area contributed by atoms with Crippen molar-refractivity contribution in [2.24, 2.45) is 0 Å². The number of hydrogen-bond donors (Lipinski definition) is 2. The first-order valence-corrected chi connectivity index (χ1v) is 15.0. The number of alkyl halides is 4. The summed E-state index contributed by atoms with van der Waals surface area (Å²) in [5, 5.41) is 9.40. The number of rotatable bonds is 7. The van der Waals surface area contributed by atoms with E-state index in [0.29, 0.717) is 38.2 Å². The molecule has 0 aliphatic carbocycles. The smallest absolute Gasteiger partial charge is 0.475 e. The standard InChI is InChI=1S/C27H40FN5O6.C2HF3O2/c1-27(2,3)39-26(37)33-13-8-22(21(28)18-33)38-20-6-11-30(12-7-20)15-16-31-10-4-5-19(24(31)35)17-32-14-9-23(34)29-25(32)36;3-2(4,5)1(6)7/h4-5,10,20-22H,6-9,11-18H2,1-3H3,(H,29,34,36);(H,6,7)/t21-,22-;/m1./s1. The second kappa shape index (κ2) is 15.7. The zero-order valence-electron chi connectivity index (χ0n) is 26.1. The van der Waals surface area contributed by atoms with E-state index >= 15 is 0 Å². The lowest BCUT2D eigenvalue weighted by Crippen LogP contribution is -2.51. The van der Waals surface area contributed by atoms with Gasteiger partial charge in [-0.1, -0.05) is 6.07 Å². The van der Waals surface area contributed by atoms with Gasteiger partial charge in [-0.05, 0) is 46.1 Å². The van der Waals surface area contributed by atoms with Crippen LogP contribution in [0.2, 0.25) is 0 Å². The van der Waals surface area contributed by atoms with Gasteiger partial charge in [-0.2, -0.15) is 13.2 Å². The quantitative estimate of drug-likeness (QED) is 0.420. The summed E-state index contributed by atoms with van der Waals surface area (Å²) in [6, 6.07) is 3.03. The molecule has 4 amide bonds. The van der Waals surface area contributed by atoms with Crippen molar-refractivity contribution in [2.45, 2.75) is 89.7 Å². The molecule has 1 aromatic rings. The van der Waals surface area contributed by atoms with Crippen LogP contribution in [0.3, 0.4) is 0 Å². The number of carbonyl (C=O) groups excluding carboxylic acids is 3. The Hall–Kier alpha value is -3.73. The minimum absolute atomic E-state index is 0.0210. The lowest BCUT2D eigenvalue weighted by molar-refractivity contribution is -0.192. The highest BCUT2D eigenvalue weighted by molar-refractivity contribution is 5.96. The highest BCUT2D eigenvalue weighted by Crippen LogP contribution is 2.24. The molecular weight excluding hydrogens is 622 g/mol. The van der Waals surface area contributed by atoms with Crippen LogP contribution in [0.4, 0.5) is 27.2 Å². The molecule has 2 atom stereocenters. The lowest BCUT2D eigenvalue weighted by Gasteiger charge is -2.39. The Labute approximate surface area is 263 Å². The van der Waals surface area contributed by atoms with Crippen molar-refractivity contribution >= 4 is 24.0 Å². The van der Waals surface area contributed by atoms with Gasteiger partial charge in [-0.3, -0.25) is 14.9 Å². The number of aromatic nitrogens is 1. The van der Waals surface area contributed by atoms with Crippen molar-refractivity contribution in [2.75, 3.05) is 39.3 Å². The molecule has 17 heteroatoms. The van der Waals surface area contributed by atoms with Gasteiger partial charge in [-0.25, -0.2) is 18.8 Å². The number of nitrogens with one attached hydrogen (secondary N) is 1. The van der Waals surface area contributed by atoms with Crippen molar-refractivity contribution in [1.82, 2.24) is 24.6 Å². The maximum absolute atomic E-state index is 14.8. The van der Waals surface area contributed by atoms with Crippen molar-refractivity contribution in [3.8, 4) is 0 Å². The number of nitrogens with zero attached hydrogens (tertiary/aromatic N) is 4. The Balaban J connectivity index is 0.000000738. The number of urea groups is 1. The van der Waals surface area contributed by atoms with Gasteiger partial charge in [0.1, 0.15) is 11.8 Å². The minimum Gasteiger partial charge on any atom is -0.475 e. The molecule has 0 unspecified atom stereocenters. The number of imide groups is 1. The maximum Gasteiger partial charge on any atom is 0.490 e. The Morgan fingerprint density at radius 2 is 1.67 bits per heavy atom. The molecule has 13 nitrogen and oxygen atoms in total. The van der Waals surface area contributed by atoms with Crippen LogP contribution in [0.25, 0.3) is 0 Å². The minimum atomic E-state index is -5.08. The molecule has 258 valence electrons. The van der Waals surface area contributed by atoms with E-state index in [9.17, 15) is 36.7 Å². The molecule has 3 aliphatic rings. The van der Waals surface area contributed by atoms with Crippen LogP contribution in [0.1, 0.15) is 52.0 Å². The van der Waals surface area contributed by atoms with Gasteiger partial charge in [0.2, 0.25) is 5.91 Å². The summed E-state index contributed by atoms with van der Waals surface area (Å²) in [6.07, 6.45) is -3.43. The molecule has 1 aromatic heterocycles. The number of carboxylic acid groups (broad SMARTS) is 1. The SMILES string of the molecule is CC(C)(C)OC(=O)N1CC[C@@H](OC2CCN(CCn3cccc(CN4CCC(=O)NC4=O)c3=O)CC2)[C@H](F)C1.O=C(O)C(F)(F)F. The largest absolute Gasteiger partial charge is 0.490 e. The number of halogens is 4. The van der Waals surface area contributed by atoms with Crippen LogP contribution >= 0.6 is 0 Å². The number of hydrogen-bond acceptors (Lipinski definition) is 8. The molecule has 0 bridgehead atoms. The normalized spacial score (nSPS) is 21.7. The molecular formula is C29H41F4N5O8. The zero-order chi connectivity index (χ0) is 34.2. The van der Waals surface area contributed by atoms with Crippen LogP contribution in [0, 0.1) is 0 Å². The van der Waals surface area contributed by atoms with Crippen LogP contribution in [0.5, 0.6) is 0 Å². The van der Waals surface area contributed by atoms with Gasteiger partial charge < -0.3 is 33.8 Å². The number of likely N-dealkylation sites (tertiary alicyclic amines) is 2. The number of amides is 4. The van der Waals surface area contributed by atoms with E-state index in [1.165, 1.54) is 9.80 Å². The van der Waals surface area contributed by atoms with E-state index < -0.39 is 42.1 Å². The number of carboxylic acids is 1. The summed E-state index contributed by atoms with van der Waals surface area (Å²) >= 11 is 0. The first-order valence-electron chi connectivity index (χ1n) is 15.0. The second-order valence-corrected chi connectivity index (χ2v) is 12.3. The van der Waals surface area contributed by atoms with E-state index in [4.69, 9.17) is 19.4 Å². The summed E-state index contributed by atoms with van der Waals surface area (Å²) in [6.45, 7) is 8.99. The van der Waals surface area contributed by atoms with Gasteiger partial charge in [-0.15, -0.1) is 0 Å². The van der Waals surface area contributed by atoms with Crippen LogP contribution in [-0.4, -0.2) is 118 Å². The molecule has 0 spiro atoms. The summed E-state index contributed by atoms with van der Waals surface area (Å²) in [7, 11) is 0. The fourth-order valence-corrected chi connectivity index (χ4v) is 5.13. The molecule has 0 aromatic carbocycles. The Morgan fingerprint density at radius 3 is 2.24 bits per heavy atom. The van der Waals surface area contributed by atoms with Gasteiger partial charge >= 0.3 is 24.3 Å². The first-order chi connectivity index (χ1) is 21.4. The molecule has 4 rings (SSSR count). The monoisotopic (exact) mass is 663 g/mol. The van der Waals surface area contributed by atoms with Gasteiger partial charge in [0, 0.05) is 57.4 Å². The van der Waals surface area contributed by atoms with E-state index in [2.05, 4.69) is 10.2 Å². The van der Waals surface area contributed by atoms with E-state index in [1.54, 1.807) is 43.7 Å². The summed E-state index contributed by atoms with van der Waals surface area (Å²) in [4.78, 5) is 62.6. The van der Waals surface area contributed by atoms with Crippen LogP contribution in [-0.2, 0) is 32.2 Å². The number of piperidine rings is 2. The Bertz CT molecular complexity index is 1290. The third-order valence-electron chi connectivity index (χ3n) is 7.54. The van der Waals surface area contributed by atoms with E-state index in [-0.39, 0.29) is 37.1 Å². The highest BCUT2D eigenvalue weighted by atomic mass is 19.4. The summed E-state index contributed by atoms with van der Waals surface area (Å²) < 4.78 is 59.7. The fraction of sp³-hybridized carbons (Fsp3) is 0.690. The molecule has 3 fully saturated rings. The van der Waals surface area contributed by atoms with Crippen molar-refractivity contribution in [3.05, 3.63) is 34.2 Å². The molecule has 4 heterocycles. The number of pyridine rings is 1. The van der Waals surface area contributed by atoms with Crippen LogP contribution in [0.15, 0.2) is 23.1 Å². The van der Waals surface area contributed by atoms with E-state index in [1.807, 2.05) is 0 Å². The van der Waals surface area contributed by atoms with Crippen LogP contribution < -0.4 is 10.9 Å². The number of ether oxygens (including phenoxy) is 2. The fourth-order valence-electron chi connectivity index (χ4n) is 5.13. The summed E-state index contributed by atoms with van der Waals surface area (Å²) in [5.74, 6) is -3.06. The Morgan fingerprint density at radius 1 is 1.02 bits per heavy atom. The third kappa shape index (κ3) is 11.3. The molecule has 2 N–H and O–H groups in total. The van der Waals surface area contributed by atoms with Crippen molar-refractivity contribution in [1.29, 1.82) is 0 Å². The van der Waals surface area contributed by atoms with Crippen molar-refractivity contribution in [3.63, 3.8) is 0 Å². The molecule has 0 saturated carbocycles. The number of aliphatic carboxylic acids is 1. The molecule has 0 radical (unpaired) electrons. The summed E-state index contributed by atoms with van der Waals surface area (Å²) in [5.41, 5.74) is -0.256. The van der Waals surface area contributed by atoms with Gasteiger partial charge in [0.25, 0.3) is 5.56 Å². The Kier molecular flexibility index (Phi) is 12.5. The molecule has 46 heavy (non-hydrogen) atoms. The third-order valence-corrected chi connectivity index (χ3v) is 7.54. The van der Waals surface area contributed by atoms with E-state index in [0.717, 1.165) is 25.9 Å². The average molecular weight is 664 g/mol. The maximum atomic E-state index is 14.8. The molecule has 3 saturated heterocycles. The van der Waals surface area contributed by atoms with Gasteiger partial charge in [0.05, 0.1) is 25.3 Å². The topological polar surface area (TPSA) is 151 Å². The second-order valence-electron chi connectivity index (χ2n) is 12.3. The average Bonchev–Trinajstić information content (AvgIpc) is 2.95. The first kappa shape index (κ1) is 36.7. The predicted octanol–water partition coefficient (Wildman–Crippen LogP) is 2.75. The van der Waals surface area contributed by atoms with Crippen molar-refractivity contribution < 1.29 is 51.3 Å². The molecule has 3 aliphatic heterocycles. The van der Waals surface area contributed by atoms with Gasteiger partial charge in [0.15, 0.2) is 0 Å².